The van der Waals surface area contributed by atoms with Gasteiger partial charge in [0, 0.05) is 5.92 Å². The van der Waals surface area contributed by atoms with Crippen LogP contribution in [-0.4, -0.2) is 13.7 Å². The minimum absolute atomic E-state index is 0.130. The van der Waals surface area contributed by atoms with Crippen molar-refractivity contribution in [3.8, 4) is 5.75 Å². The number of benzene rings is 2. The Labute approximate surface area is 151 Å². The smallest absolute Gasteiger partial charge is 0.137 e. The van der Waals surface area contributed by atoms with E-state index in [0.717, 1.165) is 6.42 Å². The lowest BCUT2D eigenvalue weighted by molar-refractivity contribution is 0.415. The van der Waals surface area contributed by atoms with E-state index in [2.05, 4.69) is 52.0 Å². The highest BCUT2D eigenvalue weighted by molar-refractivity contribution is 6.32. The SMILES string of the molecule is COc1ccc(CC(CN)c2cc(C(C)(C)C)ccc2C)cc1Cl. The van der Waals surface area contributed by atoms with Gasteiger partial charge >= 0.3 is 0 Å². The minimum Gasteiger partial charge on any atom is -0.495 e. The van der Waals surface area contributed by atoms with Crippen LogP contribution < -0.4 is 10.5 Å². The molecular formula is C21H28ClNO. The highest BCUT2D eigenvalue weighted by Crippen LogP contribution is 2.31. The minimum atomic E-state index is 0.130. The lowest BCUT2D eigenvalue weighted by atomic mass is 9.81. The number of methoxy groups -OCH3 is 1. The van der Waals surface area contributed by atoms with Crippen LogP contribution in [0.3, 0.4) is 0 Å². The quantitative estimate of drug-likeness (QED) is 0.804. The average Bonchev–Trinajstić information content (AvgIpc) is 2.52. The molecule has 130 valence electrons. The van der Waals surface area contributed by atoms with Crippen LogP contribution in [0.15, 0.2) is 36.4 Å². The van der Waals surface area contributed by atoms with Crippen molar-refractivity contribution >= 4 is 11.6 Å². The van der Waals surface area contributed by atoms with Crippen LogP contribution in [0.1, 0.15) is 48.9 Å². The Balaban J connectivity index is 2.33. The molecule has 0 aliphatic rings. The maximum absolute atomic E-state index is 6.26. The highest BCUT2D eigenvalue weighted by Gasteiger charge is 2.19. The molecule has 3 heteroatoms. The first kappa shape index (κ1) is 18.8. The third-order valence-corrected chi connectivity index (χ3v) is 4.86. The van der Waals surface area contributed by atoms with E-state index in [1.165, 1.54) is 22.3 Å². The average molecular weight is 346 g/mol. The standard InChI is InChI=1S/C21H28ClNO/c1-14-6-8-17(21(2,3)4)12-18(14)16(13-23)10-15-7-9-20(24-5)19(22)11-15/h6-9,11-12,16H,10,13,23H2,1-5H3. The zero-order valence-electron chi connectivity index (χ0n) is 15.3. The number of hydrogen-bond donors (Lipinski definition) is 1. The van der Waals surface area contributed by atoms with Gasteiger partial charge in [-0.3, -0.25) is 0 Å². The summed E-state index contributed by atoms with van der Waals surface area (Å²) >= 11 is 6.26. The molecule has 1 atom stereocenters. The van der Waals surface area contributed by atoms with Crippen LogP contribution in [-0.2, 0) is 11.8 Å². The largest absolute Gasteiger partial charge is 0.495 e. The Bertz CT molecular complexity index is 703. The molecule has 0 radical (unpaired) electrons. The van der Waals surface area contributed by atoms with Crippen molar-refractivity contribution < 1.29 is 4.74 Å². The molecule has 2 nitrogen and oxygen atoms in total. The van der Waals surface area contributed by atoms with Gasteiger partial charge in [0.15, 0.2) is 0 Å². The Morgan fingerprint density at radius 1 is 1.12 bits per heavy atom. The van der Waals surface area contributed by atoms with E-state index < -0.39 is 0 Å². The van der Waals surface area contributed by atoms with Gasteiger partial charge in [-0.25, -0.2) is 0 Å². The Morgan fingerprint density at radius 3 is 2.38 bits per heavy atom. The predicted molar refractivity (Wildman–Crippen MR) is 103 cm³/mol. The van der Waals surface area contributed by atoms with Crippen LogP contribution in [0, 0.1) is 6.92 Å². The van der Waals surface area contributed by atoms with Crippen molar-refractivity contribution in [2.75, 3.05) is 13.7 Å². The van der Waals surface area contributed by atoms with Gasteiger partial charge in [0.05, 0.1) is 12.1 Å². The second kappa shape index (κ2) is 7.58. The molecule has 0 fully saturated rings. The van der Waals surface area contributed by atoms with Gasteiger partial charge in [0.25, 0.3) is 0 Å². The van der Waals surface area contributed by atoms with E-state index in [4.69, 9.17) is 22.1 Å². The van der Waals surface area contributed by atoms with Crippen molar-refractivity contribution in [3.63, 3.8) is 0 Å². The molecule has 0 spiro atoms. The lowest BCUT2D eigenvalue weighted by Gasteiger charge is -2.24. The van der Waals surface area contributed by atoms with Crippen LogP contribution in [0.2, 0.25) is 5.02 Å². The third-order valence-electron chi connectivity index (χ3n) is 4.57. The number of ether oxygens (including phenoxy) is 1. The molecule has 0 aromatic heterocycles. The van der Waals surface area contributed by atoms with Crippen LogP contribution in [0.4, 0.5) is 0 Å². The van der Waals surface area contributed by atoms with Crippen LogP contribution in [0.25, 0.3) is 0 Å². The lowest BCUT2D eigenvalue weighted by Crippen LogP contribution is -2.18. The molecule has 0 bridgehead atoms. The fourth-order valence-electron chi connectivity index (χ4n) is 2.99. The Hall–Kier alpha value is -1.51. The van der Waals surface area contributed by atoms with Crippen LogP contribution in [0.5, 0.6) is 5.75 Å². The monoisotopic (exact) mass is 345 g/mol. The maximum Gasteiger partial charge on any atom is 0.137 e. The summed E-state index contributed by atoms with van der Waals surface area (Å²) in [6, 6.07) is 12.7. The summed E-state index contributed by atoms with van der Waals surface area (Å²) in [7, 11) is 1.63. The zero-order valence-corrected chi connectivity index (χ0v) is 16.1. The highest BCUT2D eigenvalue weighted by atomic mass is 35.5. The van der Waals surface area contributed by atoms with E-state index in [1.54, 1.807) is 7.11 Å². The van der Waals surface area contributed by atoms with E-state index in [1.807, 2.05) is 12.1 Å². The van der Waals surface area contributed by atoms with Gasteiger partial charge in [-0.05, 0) is 59.7 Å². The topological polar surface area (TPSA) is 35.2 Å². The molecule has 1 unspecified atom stereocenters. The fourth-order valence-corrected chi connectivity index (χ4v) is 3.27. The van der Waals surface area contributed by atoms with Gasteiger partial charge in [0.1, 0.15) is 5.75 Å². The van der Waals surface area contributed by atoms with Gasteiger partial charge in [-0.15, -0.1) is 0 Å². The van der Waals surface area contributed by atoms with Gasteiger partial charge in [-0.2, -0.15) is 0 Å². The number of halogens is 1. The molecule has 0 saturated carbocycles. The zero-order chi connectivity index (χ0) is 17.9. The Morgan fingerprint density at radius 2 is 1.83 bits per heavy atom. The molecule has 2 aromatic carbocycles. The Kier molecular flexibility index (Phi) is 5.95. The summed E-state index contributed by atoms with van der Waals surface area (Å²) < 4.78 is 5.23. The molecule has 24 heavy (non-hydrogen) atoms. The first-order valence-electron chi connectivity index (χ1n) is 8.39. The molecule has 0 saturated heterocycles. The van der Waals surface area contributed by atoms with Crippen molar-refractivity contribution in [1.29, 1.82) is 0 Å². The van der Waals surface area contributed by atoms with Gasteiger partial charge in [0.2, 0.25) is 0 Å². The van der Waals surface area contributed by atoms with Crippen molar-refractivity contribution in [2.45, 2.75) is 45.4 Å². The number of nitrogens with two attached hydrogens (primary N) is 1. The van der Waals surface area contributed by atoms with Crippen LogP contribution >= 0.6 is 11.6 Å². The summed E-state index contributed by atoms with van der Waals surface area (Å²) in [5.74, 6) is 0.979. The van der Waals surface area contributed by atoms with Gasteiger partial charge in [-0.1, -0.05) is 56.6 Å². The van der Waals surface area contributed by atoms with Gasteiger partial charge < -0.3 is 10.5 Å². The molecule has 2 aromatic rings. The van der Waals surface area contributed by atoms with Crippen molar-refractivity contribution in [2.24, 2.45) is 5.73 Å². The number of rotatable bonds is 5. The molecule has 2 rings (SSSR count). The van der Waals surface area contributed by atoms with E-state index >= 15 is 0 Å². The summed E-state index contributed by atoms with van der Waals surface area (Å²) in [5, 5.41) is 0.644. The molecule has 0 aliphatic carbocycles. The first-order valence-corrected chi connectivity index (χ1v) is 8.77. The fraction of sp³-hybridized carbons (Fsp3) is 0.429. The molecule has 2 N–H and O–H groups in total. The van der Waals surface area contributed by atoms with E-state index in [-0.39, 0.29) is 11.3 Å². The molecular weight excluding hydrogens is 318 g/mol. The van der Waals surface area contributed by atoms with E-state index in [9.17, 15) is 0 Å². The predicted octanol–water partition coefficient (Wildman–Crippen LogP) is 5.24. The second-order valence-corrected chi connectivity index (χ2v) is 7.83. The summed E-state index contributed by atoms with van der Waals surface area (Å²) in [6.07, 6.45) is 0.870. The molecule has 0 heterocycles. The van der Waals surface area contributed by atoms with Crippen molar-refractivity contribution in [3.05, 3.63) is 63.7 Å². The number of hydrogen-bond acceptors (Lipinski definition) is 2. The summed E-state index contributed by atoms with van der Waals surface area (Å²) in [6.45, 7) is 9.48. The molecule has 0 aliphatic heterocycles. The number of aryl methyl sites for hydroxylation is 1. The summed E-state index contributed by atoms with van der Waals surface area (Å²) in [5.41, 5.74) is 11.4. The first-order chi connectivity index (χ1) is 11.3. The normalized spacial score (nSPS) is 13.0. The second-order valence-electron chi connectivity index (χ2n) is 7.43. The third kappa shape index (κ3) is 4.31. The van der Waals surface area contributed by atoms with E-state index in [0.29, 0.717) is 17.3 Å². The maximum atomic E-state index is 6.26. The van der Waals surface area contributed by atoms with Crippen molar-refractivity contribution in [1.82, 2.24) is 0 Å². The molecule has 0 amide bonds. The summed E-state index contributed by atoms with van der Waals surface area (Å²) in [4.78, 5) is 0.